The number of pyridine rings is 6. The molecular formula is C62H36N6O4. The van der Waals surface area contributed by atoms with Crippen LogP contribution in [0.4, 0.5) is 0 Å². The fourth-order valence-corrected chi connectivity index (χ4v) is 9.25. The van der Waals surface area contributed by atoms with E-state index in [4.69, 9.17) is 29.4 Å². The third-order valence-electron chi connectivity index (χ3n) is 12.8. The van der Waals surface area contributed by atoms with E-state index in [2.05, 4.69) is 9.97 Å². The molecule has 0 bridgehead atoms. The van der Waals surface area contributed by atoms with Crippen molar-refractivity contribution in [1.29, 1.82) is 0 Å². The monoisotopic (exact) mass is 928 g/mol. The number of para-hydroxylation sites is 2. The first kappa shape index (κ1) is 42.1. The first-order chi connectivity index (χ1) is 35.4. The molecule has 10 nitrogen and oxygen atoms in total. The summed E-state index contributed by atoms with van der Waals surface area (Å²) < 4.78 is 11.8. The summed E-state index contributed by atoms with van der Waals surface area (Å²) >= 11 is 0. The van der Waals surface area contributed by atoms with Crippen LogP contribution in [0.3, 0.4) is 0 Å². The largest absolute Gasteiger partial charge is 0.423 e. The van der Waals surface area contributed by atoms with Gasteiger partial charge in [0.25, 0.3) is 0 Å². The number of fused-ring (bicyclic) bond motifs is 9. The number of ether oxygens (including phenoxy) is 2. The van der Waals surface area contributed by atoms with Gasteiger partial charge in [-0.15, -0.1) is 0 Å². The molecule has 13 aromatic rings. The predicted molar refractivity (Wildman–Crippen MR) is 283 cm³/mol. The number of carbonyl (C=O) groups excluding carboxylic acids is 2. The molecule has 72 heavy (non-hydrogen) atoms. The molecule has 0 saturated carbocycles. The maximum Gasteiger partial charge on any atom is 0.343 e. The van der Waals surface area contributed by atoms with Crippen molar-refractivity contribution in [2.75, 3.05) is 0 Å². The maximum atomic E-state index is 14.0. The summed E-state index contributed by atoms with van der Waals surface area (Å²) in [7, 11) is 0. The molecule has 0 atom stereocenters. The van der Waals surface area contributed by atoms with Crippen molar-refractivity contribution in [2.24, 2.45) is 0 Å². The van der Waals surface area contributed by atoms with Gasteiger partial charge in [-0.3, -0.25) is 9.97 Å². The van der Waals surface area contributed by atoms with Crippen molar-refractivity contribution in [3.05, 3.63) is 230 Å². The number of benzene rings is 7. The number of hydrogen-bond acceptors (Lipinski definition) is 10. The van der Waals surface area contributed by atoms with Gasteiger partial charge in [0.05, 0.1) is 67.0 Å². The molecule has 0 aliphatic heterocycles. The van der Waals surface area contributed by atoms with E-state index in [-0.39, 0.29) is 0 Å². The highest BCUT2D eigenvalue weighted by Gasteiger charge is 2.19. The molecule has 0 saturated heterocycles. The van der Waals surface area contributed by atoms with Gasteiger partial charge >= 0.3 is 11.9 Å². The Labute approximate surface area is 410 Å². The van der Waals surface area contributed by atoms with Gasteiger partial charge in [0.1, 0.15) is 11.5 Å². The molecule has 6 aromatic heterocycles. The van der Waals surface area contributed by atoms with Crippen LogP contribution in [0.2, 0.25) is 0 Å². The predicted octanol–water partition coefficient (Wildman–Crippen LogP) is 14.1. The Balaban J connectivity index is 0.947. The smallest absolute Gasteiger partial charge is 0.343 e. The quantitative estimate of drug-likeness (QED) is 0.0824. The Morgan fingerprint density at radius 1 is 0.292 bits per heavy atom. The standard InChI is InChI=1S/C62H36N6O4/c69-61(71-49-11-3-1-4-12-49)47-33-43(51-25-21-39-17-15-37-9-7-29-63-55(37)57(39)65-51)31-45(35-47)53-27-23-41-19-20-42-24-28-54(68-60(42)59(41)67-53)46-32-44(34-48(36-46)62(70)72-50-13-5-2-6-14-50)52-26-22-40-18-16-38-10-8-30-64-56(38)58(40)66-52/h1-36H. The highest BCUT2D eigenvalue weighted by Crippen LogP contribution is 2.35. The molecule has 10 heteroatoms. The molecule has 0 fully saturated rings. The van der Waals surface area contributed by atoms with Crippen LogP contribution < -0.4 is 9.47 Å². The Morgan fingerprint density at radius 2 is 0.583 bits per heavy atom. The minimum Gasteiger partial charge on any atom is -0.423 e. The first-order valence-corrected chi connectivity index (χ1v) is 23.3. The van der Waals surface area contributed by atoms with E-state index in [1.54, 1.807) is 60.9 Å². The fraction of sp³-hybridized carbons (Fsp3) is 0. The number of esters is 2. The van der Waals surface area contributed by atoms with Crippen molar-refractivity contribution in [3.8, 4) is 56.5 Å². The van der Waals surface area contributed by atoms with E-state index in [0.29, 0.717) is 78.7 Å². The van der Waals surface area contributed by atoms with Gasteiger partial charge in [-0.1, -0.05) is 109 Å². The third kappa shape index (κ3) is 7.84. The lowest BCUT2D eigenvalue weighted by Crippen LogP contribution is -2.09. The van der Waals surface area contributed by atoms with Gasteiger partial charge < -0.3 is 9.47 Å². The minimum absolute atomic E-state index is 0.330. The van der Waals surface area contributed by atoms with Gasteiger partial charge in [-0.05, 0) is 97.1 Å². The average molecular weight is 929 g/mol. The molecular weight excluding hydrogens is 893 g/mol. The molecule has 338 valence electrons. The first-order valence-electron chi connectivity index (χ1n) is 23.3. The molecule has 0 N–H and O–H groups in total. The molecule has 7 aromatic carbocycles. The number of rotatable bonds is 8. The molecule has 0 aliphatic carbocycles. The van der Waals surface area contributed by atoms with Crippen molar-refractivity contribution in [3.63, 3.8) is 0 Å². The van der Waals surface area contributed by atoms with Gasteiger partial charge in [-0.2, -0.15) is 0 Å². The molecule has 0 radical (unpaired) electrons. The Kier molecular flexibility index (Phi) is 10.2. The number of aromatic nitrogens is 6. The number of hydrogen-bond donors (Lipinski definition) is 0. The lowest BCUT2D eigenvalue weighted by atomic mass is 9.98. The van der Waals surface area contributed by atoms with E-state index in [1.165, 1.54) is 0 Å². The maximum absolute atomic E-state index is 14.0. The molecule has 0 amide bonds. The van der Waals surface area contributed by atoms with Gasteiger partial charge in [0, 0.05) is 67.0 Å². The van der Waals surface area contributed by atoms with Crippen LogP contribution in [0.5, 0.6) is 11.5 Å². The summed E-state index contributed by atoms with van der Waals surface area (Å²) in [6.45, 7) is 0. The number of carbonyl (C=O) groups is 2. The van der Waals surface area contributed by atoms with Crippen molar-refractivity contribution in [1.82, 2.24) is 29.9 Å². The molecule has 0 spiro atoms. The zero-order chi connectivity index (χ0) is 48.1. The highest BCUT2D eigenvalue weighted by molar-refractivity contribution is 6.07. The summed E-state index contributed by atoms with van der Waals surface area (Å²) in [4.78, 5) is 58.2. The summed E-state index contributed by atoms with van der Waals surface area (Å²) in [5, 5.41) is 5.60. The fourth-order valence-electron chi connectivity index (χ4n) is 9.25. The lowest BCUT2D eigenvalue weighted by Gasteiger charge is -2.13. The Morgan fingerprint density at radius 3 is 0.917 bits per heavy atom. The topological polar surface area (TPSA) is 130 Å². The Hall–Kier alpha value is -10.1. The second kappa shape index (κ2) is 17.5. The van der Waals surface area contributed by atoms with E-state index in [9.17, 15) is 9.59 Å². The Bertz CT molecular complexity index is 4060. The summed E-state index contributed by atoms with van der Waals surface area (Å²) in [5.74, 6) is -0.183. The van der Waals surface area contributed by atoms with Crippen molar-refractivity contribution < 1.29 is 19.1 Å². The van der Waals surface area contributed by atoms with Crippen molar-refractivity contribution in [2.45, 2.75) is 0 Å². The van der Waals surface area contributed by atoms with Gasteiger partial charge in [-0.25, -0.2) is 29.5 Å². The van der Waals surface area contributed by atoms with Crippen molar-refractivity contribution >= 4 is 77.4 Å². The van der Waals surface area contributed by atoms with Crippen LogP contribution >= 0.6 is 0 Å². The average Bonchev–Trinajstić information content (AvgIpc) is 3.44. The zero-order valence-electron chi connectivity index (χ0n) is 38.1. The van der Waals surface area contributed by atoms with Crippen LogP contribution in [0.15, 0.2) is 219 Å². The SMILES string of the molecule is O=C(Oc1ccccc1)c1cc(-c2ccc3ccc4cccnc4c3n2)cc(-c2ccc3ccc4ccc(-c5cc(C(=O)Oc6ccccc6)cc(-c6ccc7ccc8cccnc8c7n6)c5)nc4c3n2)c1. The van der Waals surface area contributed by atoms with Crippen LogP contribution in [0, 0.1) is 0 Å². The number of nitrogens with zero attached hydrogens (tertiary/aromatic N) is 6. The zero-order valence-corrected chi connectivity index (χ0v) is 38.1. The van der Waals surface area contributed by atoms with E-state index >= 15 is 0 Å². The van der Waals surface area contributed by atoms with Gasteiger partial charge in [0.2, 0.25) is 0 Å². The van der Waals surface area contributed by atoms with Gasteiger partial charge in [0.15, 0.2) is 0 Å². The minimum atomic E-state index is -0.520. The molecule has 13 rings (SSSR count). The van der Waals surface area contributed by atoms with E-state index < -0.39 is 11.9 Å². The summed E-state index contributed by atoms with van der Waals surface area (Å²) in [5.41, 5.74) is 10.4. The second-order valence-corrected chi connectivity index (χ2v) is 17.4. The van der Waals surface area contributed by atoms with Crippen LogP contribution in [-0.2, 0) is 0 Å². The molecule has 0 aliphatic rings. The third-order valence-corrected chi connectivity index (χ3v) is 12.8. The highest BCUT2D eigenvalue weighted by atomic mass is 16.5. The summed E-state index contributed by atoms with van der Waals surface area (Å²) in [6, 6.07) is 65.1. The lowest BCUT2D eigenvalue weighted by molar-refractivity contribution is 0.0725. The van der Waals surface area contributed by atoms with Crippen LogP contribution in [0.25, 0.3) is 110 Å². The second-order valence-electron chi connectivity index (χ2n) is 17.4. The normalized spacial score (nSPS) is 11.4. The molecule has 0 unspecified atom stereocenters. The summed E-state index contributed by atoms with van der Waals surface area (Å²) in [6.07, 6.45) is 3.53. The van der Waals surface area contributed by atoms with Crippen LogP contribution in [-0.4, -0.2) is 41.8 Å². The van der Waals surface area contributed by atoms with Crippen LogP contribution in [0.1, 0.15) is 20.7 Å². The van der Waals surface area contributed by atoms with E-state index in [0.717, 1.165) is 54.4 Å². The molecule has 6 heterocycles. The van der Waals surface area contributed by atoms with E-state index in [1.807, 2.05) is 158 Å².